The maximum absolute atomic E-state index is 13.6. The Morgan fingerprint density at radius 1 is 1.14 bits per heavy atom. The van der Waals surface area contributed by atoms with Crippen LogP contribution in [0.5, 0.6) is 5.75 Å². The Bertz CT molecular complexity index is 568. The molecule has 1 aromatic rings. The monoisotopic (exact) mass is 285 g/mol. The minimum absolute atomic E-state index is 0.0437. The minimum atomic E-state index is -0.486. The average Bonchev–Trinajstić information content (AvgIpc) is 2.44. The van der Waals surface area contributed by atoms with Crippen molar-refractivity contribution < 1.29 is 9.13 Å². The maximum Gasteiger partial charge on any atom is 0.144 e. The van der Waals surface area contributed by atoms with Gasteiger partial charge in [0.1, 0.15) is 23.2 Å². The highest BCUT2D eigenvalue weighted by Gasteiger charge is 2.51. The van der Waals surface area contributed by atoms with Crippen molar-refractivity contribution in [2.24, 2.45) is 23.2 Å². The summed E-state index contributed by atoms with van der Waals surface area (Å²) < 4.78 is 19.6. The number of nitriles is 1. The Balaban J connectivity index is 1.53. The molecule has 4 aliphatic carbocycles. The molecule has 0 saturated heterocycles. The molecule has 1 aromatic carbocycles. The van der Waals surface area contributed by atoms with Crippen molar-refractivity contribution in [3.8, 4) is 11.8 Å². The van der Waals surface area contributed by atoms with Gasteiger partial charge in [0.15, 0.2) is 0 Å². The number of rotatable bonds is 3. The summed E-state index contributed by atoms with van der Waals surface area (Å²) in [6.45, 7) is 0.647. The zero-order valence-electron chi connectivity index (χ0n) is 12.1. The Kier molecular flexibility index (Phi) is 2.96. The normalized spacial score (nSPS) is 36.5. The van der Waals surface area contributed by atoms with Crippen LogP contribution in [0.3, 0.4) is 0 Å². The predicted molar refractivity (Wildman–Crippen MR) is 77.2 cm³/mol. The van der Waals surface area contributed by atoms with Crippen LogP contribution in [-0.4, -0.2) is 6.61 Å². The molecule has 21 heavy (non-hydrogen) atoms. The summed E-state index contributed by atoms with van der Waals surface area (Å²) in [4.78, 5) is 0. The van der Waals surface area contributed by atoms with E-state index in [4.69, 9.17) is 10.00 Å². The van der Waals surface area contributed by atoms with E-state index in [-0.39, 0.29) is 11.0 Å². The summed E-state index contributed by atoms with van der Waals surface area (Å²) in [6, 6.07) is 6.56. The lowest BCUT2D eigenvalue weighted by atomic mass is 9.50. The number of hydrogen-bond donors (Lipinski definition) is 0. The van der Waals surface area contributed by atoms with Gasteiger partial charge < -0.3 is 4.74 Å². The molecular formula is C18H20FNO. The number of halogens is 1. The first kappa shape index (κ1) is 13.1. The molecule has 0 aliphatic heterocycles. The fourth-order valence-corrected chi connectivity index (χ4v) is 5.43. The Morgan fingerprint density at radius 2 is 1.76 bits per heavy atom. The third kappa shape index (κ3) is 2.21. The van der Waals surface area contributed by atoms with E-state index >= 15 is 0 Å². The molecule has 110 valence electrons. The Labute approximate surface area is 124 Å². The van der Waals surface area contributed by atoms with Crippen molar-refractivity contribution in [2.45, 2.75) is 38.5 Å². The molecule has 0 spiro atoms. The van der Waals surface area contributed by atoms with Crippen molar-refractivity contribution in [2.75, 3.05) is 6.61 Å². The van der Waals surface area contributed by atoms with Crippen LogP contribution < -0.4 is 4.74 Å². The SMILES string of the molecule is N#Cc1c(F)cccc1OCC12CC3CC(CC(C3)C1)C2. The largest absolute Gasteiger partial charge is 0.492 e. The molecule has 3 heteroatoms. The van der Waals surface area contributed by atoms with E-state index in [1.165, 1.54) is 44.6 Å². The average molecular weight is 285 g/mol. The molecule has 4 aliphatic rings. The van der Waals surface area contributed by atoms with Crippen molar-refractivity contribution in [1.29, 1.82) is 5.26 Å². The third-order valence-corrected chi connectivity index (χ3v) is 5.79. The van der Waals surface area contributed by atoms with Crippen LogP contribution in [0.2, 0.25) is 0 Å². The second-order valence-electron chi connectivity index (χ2n) is 7.43. The van der Waals surface area contributed by atoms with Crippen molar-refractivity contribution in [1.82, 2.24) is 0 Å². The predicted octanol–water partition coefficient (Wildman–Crippen LogP) is 4.29. The van der Waals surface area contributed by atoms with Gasteiger partial charge in [-0.2, -0.15) is 5.26 Å². The molecule has 0 radical (unpaired) electrons. The quantitative estimate of drug-likeness (QED) is 0.830. The number of ether oxygens (including phenoxy) is 1. The van der Waals surface area contributed by atoms with Gasteiger partial charge in [-0.1, -0.05) is 6.07 Å². The first-order valence-corrected chi connectivity index (χ1v) is 7.99. The molecule has 0 amide bonds. The maximum atomic E-state index is 13.6. The fraction of sp³-hybridized carbons (Fsp3) is 0.611. The minimum Gasteiger partial charge on any atom is -0.492 e. The molecule has 2 nitrogen and oxygen atoms in total. The zero-order valence-corrected chi connectivity index (χ0v) is 12.1. The summed E-state index contributed by atoms with van der Waals surface area (Å²) in [7, 11) is 0. The lowest BCUT2D eigenvalue weighted by molar-refractivity contribution is -0.0746. The number of benzene rings is 1. The number of nitrogens with zero attached hydrogens (tertiary/aromatic N) is 1. The molecule has 4 saturated carbocycles. The molecule has 0 unspecified atom stereocenters. The van der Waals surface area contributed by atoms with E-state index in [0.717, 1.165) is 17.8 Å². The van der Waals surface area contributed by atoms with Crippen LogP contribution in [-0.2, 0) is 0 Å². The highest BCUT2D eigenvalue weighted by molar-refractivity contribution is 5.43. The van der Waals surface area contributed by atoms with E-state index < -0.39 is 5.82 Å². The van der Waals surface area contributed by atoms with Gasteiger partial charge in [0.25, 0.3) is 0 Å². The van der Waals surface area contributed by atoms with Gasteiger partial charge in [0.2, 0.25) is 0 Å². The second-order valence-corrected chi connectivity index (χ2v) is 7.43. The van der Waals surface area contributed by atoms with Crippen molar-refractivity contribution in [3.05, 3.63) is 29.6 Å². The van der Waals surface area contributed by atoms with Crippen LogP contribution >= 0.6 is 0 Å². The van der Waals surface area contributed by atoms with E-state index in [9.17, 15) is 4.39 Å². The van der Waals surface area contributed by atoms with Crippen LogP contribution in [0.15, 0.2) is 18.2 Å². The highest BCUT2D eigenvalue weighted by Crippen LogP contribution is 2.60. The standard InChI is InChI=1S/C18H20FNO/c19-16-2-1-3-17(15(16)10-20)21-11-18-7-12-4-13(8-18)6-14(5-12)9-18/h1-3,12-14H,4-9,11H2. The summed E-state index contributed by atoms with van der Waals surface area (Å²) in [5.74, 6) is 2.56. The van der Waals surface area contributed by atoms with E-state index in [0.29, 0.717) is 12.4 Å². The smallest absolute Gasteiger partial charge is 0.144 e. The van der Waals surface area contributed by atoms with Gasteiger partial charge in [0.05, 0.1) is 6.61 Å². The second kappa shape index (κ2) is 4.73. The van der Waals surface area contributed by atoms with Crippen LogP contribution in [0.25, 0.3) is 0 Å². The third-order valence-electron chi connectivity index (χ3n) is 5.79. The molecule has 0 aromatic heterocycles. The summed E-state index contributed by atoms with van der Waals surface area (Å²) in [5, 5.41) is 9.09. The molecule has 5 rings (SSSR count). The highest BCUT2D eigenvalue weighted by atomic mass is 19.1. The first-order chi connectivity index (χ1) is 10.2. The Hall–Kier alpha value is -1.56. The van der Waals surface area contributed by atoms with Gasteiger partial charge in [-0.15, -0.1) is 0 Å². The fourth-order valence-electron chi connectivity index (χ4n) is 5.43. The van der Waals surface area contributed by atoms with Crippen LogP contribution in [0.4, 0.5) is 4.39 Å². The topological polar surface area (TPSA) is 33.0 Å². The zero-order chi connectivity index (χ0) is 14.4. The van der Waals surface area contributed by atoms with Gasteiger partial charge in [0, 0.05) is 5.41 Å². The summed E-state index contributed by atoms with van der Waals surface area (Å²) in [6.07, 6.45) is 8.00. The lowest BCUT2D eigenvalue weighted by Gasteiger charge is -2.56. The number of hydrogen-bond acceptors (Lipinski definition) is 2. The molecular weight excluding hydrogens is 265 g/mol. The molecule has 4 bridgehead atoms. The van der Waals surface area contributed by atoms with Gasteiger partial charge in [-0.05, 0) is 68.4 Å². The van der Waals surface area contributed by atoms with Gasteiger partial charge in [-0.25, -0.2) is 4.39 Å². The first-order valence-electron chi connectivity index (χ1n) is 7.99. The molecule has 0 N–H and O–H groups in total. The van der Waals surface area contributed by atoms with E-state index in [1.807, 2.05) is 6.07 Å². The van der Waals surface area contributed by atoms with Crippen molar-refractivity contribution >= 4 is 0 Å². The van der Waals surface area contributed by atoms with Crippen LogP contribution in [0.1, 0.15) is 44.1 Å². The molecule has 4 fully saturated rings. The molecule has 0 heterocycles. The molecule has 0 atom stereocenters. The lowest BCUT2D eigenvalue weighted by Crippen LogP contribution is -2.48. The van der Waals surface area contributed by atoms with E-state index in [2.05, 4.69) is 0 Å². The van der Waals surface area contributed by atoms with Gasteiger partial charge >= 0.3 is 0 Å². The Morgan fingerprint density at radius 3 is 2.33 bits per heavy atom. The summed E-state index contributed by atoms with van der Waals surface area (Å²) in [5.41, 5.74) is 0.329. The summed E-state index contributed by atoms with van der Waals surface area (Å²) >= 11 is 0. The van der Waals surface area contributed by atoms with E-state index in [1.54, 1.807) is 12.1 Å². The van der Waals surface area contributed by atoms with Gasteiger partial charge in [-0.3, -0.25) is 0 Å². The van der Waals surface area contributed by atoms with Crippen molar-refractivity contribution in [3.63, 3.8) is 0 Å². The van der Waals surface area contributed by atoms with Crippen LogP contribution in [0, 0.1) is 40.3 Å².